The van der Waals surface area contributed by atoms with Crippen LogP contribution in [0.4, 0.5) is 4.39 Å². The van der Waals surface area contributed by atoms with Crippen LogP contribution in [-0.4, -0.2) is 47.9 Å². The van der Waals surface area contributed by atoms with Crippen LogP contribution < -0.4 is 9.47 Å². The molecule has 2 aromatic carbocycles. The highest BCUT2D eigenvalue weighted by atomic mass is 32.1. The number of thiazole rings is 1. The third kappa shape index (κ3) is 3.99. The average Bonchev–Trinajstić information content (AvgIpc) is 3.27. The number of hydrogen-bond acceptors (Lipinski definition) is 6. The minimum absolute atomic E-state index is 0.00181. The van der Waals surface area contributed by atoms with Gasteiger partial charge in [0.1, 0.15) is 29.4 Å². The smallest absolute Gasteiger partial charge is 0.256 e. The van der Waals surface area contributed by atoms with E-state index in [1.807, 2.05) is 23.7 Å². The van der Waals surface area contributed by atoms with Crippen molar-refractivity contribution in [2.75, 3.05) is 26.3 Å². The van der Waals surface area contributed by atoms with Crippen LogP contribution in [0.15, 0.2) is 35.8 Å². The Balaban J connectivity index is 1.21. The number of ketones is 1. The summed E-state index contributed by atoms with van der Waals surface area (Å²) in [7, 11) is 0. The van der Waals surface area contributed by atoms with Crippen molar-refractivity contribution in [2.24, 2.45) is 5.92 Å². The summed E-state index contributed by atoms with van der Waals surface area (Å²) in [5.41, 5.74) is 3.26. The Morgan fingerprint density at radius 1 is 1.29 bits per heavy atom. The van der Waals surface area contributed by atoms with Gasteiger partial charge in [0.15, 0.2) is 5.78 Å². The first-order valence-electron chi connectivity index (χ1n) is 10.3. The lowest BCUT2D eigenvalue weighted by Gasteiger charge is -2.32. The number of piperidine rings is 1. The molecular formula is C23H21FN2O4S. The van der Waals surface area contributed by atoms with E-state index < -0.39 is 5.82 Å². The van der Waals surface area contributed by atoms with E-state index in [2.05, 4.69) is 4.98 Å². The Bertz CT molecular complexity index is 1150. The van der Waals surface area contributed by atoms with Crippen molar-refractivity contribution in [3.63, 3.8) is 0 Å². The van der Waals surface area contributed by atoms with Gasteiger partial charge in [0.25, 0.3) is 5.91 Å². The van der Waals surface area contributed by atoms with Gasteiger partial charge in [-0.3, -0.25) is 9.59 Å². The van der Waals surface area contributed by atoms with Crippen molar-refractivity contribution in [1.29, 1.82) is 0 Å². The number of rotatable bonds is 4. The van der Waals surface area contributed by atoms with E-state index in [1.54, 1.807) is 16.2 Å². The molecule has 160 valence electrons. The summed E-state index contributed by atoms with van der Waals surface area (Å²) in [6.07, 6.45) is 1.74. The van der Waals surface area contributed by atoms with E-state index in [0.717, 1.165) is 28.8 Å². The van der Waals surface area contributed by atoms with E-state index >= 15 is 0 Å². The fourth-order valence-electron chi connectivity index (χ4n) is 4.12. The van der Waals surface area contributed by atoms with Gasteiger partial charge < -0.3 is 14.4 Å². The third-order valence-electron chi connectivity index (χ3n) is 5.86. The van der Waals surface area contributed by atoms with Crippen LogP contribution in [0.1, 0.15) is 28.8 Å². The van der Waals surface area contributed by atoms with Crippen molar-refractivity contribution in [3.8, 4) is 11.5 Å². The molecule has 0 radical (unpaired) electrons. The first-order valence-corrected chi connectivity index (χ1v) is 11.2. The molecule has 1 fully saturated rings. The fraction of sp³-hybridized carbons (Fsp3) is 0.348. The van der Waals surface area contributed by atoms with Crippen LogP contribution in [0, 0.1) is 11.7 Å². The highest BCUT2D eigenvalue weighted by molar-refractivity contribution is 7.16. The number of nitrogens with zero attached hydrogens (tertiary/aromatic N) is 2. The maximum absolute atomic E-state index is 14.5. The minimum atomic E-state index is -0.611. The van der Waals surface area contributed by atoms with Crippen molar-refractivity contribution >= 4 is 33.2 Å². The Morgan fingerprint density at radius 3 is 2.97 bits per heavy atom. The van der Waals surface area contributed by atoms with Gasteiger partial charge in [-0.05, 0) is 37.0 Å². The van der Waals surface area contributed by atoms with Crippen molar-refractivity contribution < 1.29 is 23.5 Å². The number of fused-ring (bicyclic) bond motifs is 2. The highest BCUT2D eigenvalue weighted by Gasteiger charge is 2.28. The third-order valence-corrected chi connectivity index (χ3v) is 6.65. The molecule has 2 aliphatic rings. The molecule has 0 spiro atoms. The first kappa shape index (κ1) is 19.9. The largest absolute Gasteiger partial charge is 0.491 e. The Hall–Kier alpha value is -3.00. The minimum Gasteiger partial charge on any atom is -0.491 e. The zero-order chi connectivity index (χ0) is 21.4. The molecule has 0 saturated carbocycles. The van der Waals surface area contributed by atoms with Gasteiger partial charge in [-0.1, -0.05) is 6.07 Å². The van der Waals surface area contributed by atoms with E-state index in [1.165, 1.54) is 12.1 Å². The SMILES string of the molecule is O=C1COc2cc(F)c(C(=O)N3CCC(COc4cccc5scnc45)CC3)cc2C1. The van der Waals surface area contributed by atoms with E-state index in [0.29, 0.717) is 36.9 Å². The number of benzene rings is 2. The van der Waals surface area contributed by atoms with Gasteiger partial charge in [0.2, 0.25) is 0 Å². The molecule has 3 heterocycles. The summed E-state index contributed by atoms with van der Waals surface area (Å²) in [6, 6.07) is 8.59. The maximum atomic E-state index is 14.5. The molecule has 8 heteroatoms. The van der Waals surface area contributed by atoms with E-state index in [-0.39, 0.29) is 30.3 Å². The second-order valence-electron chi connectivity index (χ2n) is 7.95. The summed E-state index contributed by atoms with van der Waals surface area (Å²) in [4.78, 5) is 30.6. The van der Waals surface area contributed by atoms with Gasteiger partial charge in [0.05, 0.1) is 22.4 Å². The summed E-state index contributed by atoms with van der Waals surface area (Å²) in [5, 5.41) is 0. The lowest BCUT2D eigenvalue weighted by molar-refractivity contribution is -0.121. The number of carbonyl (C=O) groups excluding carboxylic acids is 2. The van der Waals surface area contributed by atoms with Gasteiger partial charge in [0, 0.05) is 31.1 Å². The topological polar surface area (TPSA) is 68.7 Å². The number of para-hydroxylation sites is 1. The molecule has 5 rings (SSSR count). The van der Waals surface area contributed by atoms with Crippen LogP contribution in [0.25, 0.3) is 10.2 Å². The summed E-state index contributed by atoms with van der Waals surface area (Å²) in [5.74, 6) is 0.415. The average molecular weight is 440 g/mol. The van der Waals surface area contributed by atoms with Crippen molar-refractivity contribution in [3.05, 3.63) is 52.8 Å². The maximum Gasteiger partial charge on any atom is 0.256 e. The van der Waals surface area contributed by atoms with E-state index in [9.17, 15) is 14.0 Å². The quantitative estimate of drug-likeness (QED) is 0.616. The standard InChI is InChI=1S/C23H21FN2O4S/c24-18-10-20-15(8-16(27)12-30-20)9-17(18)23(28)26-6-4-14(5-7-26)11-29-19-2-1-3-21-22(19)25-13-31-21/h1-3,9-10,13-14H,4-8,11-12H2. The second-order valence-corrected chi connectivity index (χ2v) is 8.83. The Morgan fingerprint density at radius 2 is 2.13 bits per heavy atom. The molecular weight excluding hydrogens is 419 g/mol. The van der Waals surface area contributed by atoms with E-state index in [4.69, 9.17) is 9.47 Å². The molecule has 31 heavy (non-hydrogen) atoms. The normalized spacial score (nSPS) is 16.8. The number of Topliss-reactive ketones (excluding diaryl/α,β-unsaturated/α-hetero) is 1. The zero-order valence-corrected chi connectivity index (χ0v) is 17.6. The number of aromatic nitrogens is 1. The predicted octanol–water partition coefficient (Wildman–Crippen LogP) is 3.87. The Labute approximate surface area is 182 Å². The number of amides is 1. The zero-order valence-electron chi connectivity index (χ0n) is 16.8. The lowest BCUT2D eigenvalue weighted by atomic mass is 9.96. The Kier molecular flexibility index (Phi) is 5.31. The number of halogens is 1. The van der Waals surface area contributed by atoms with Crippen molar-refractivity contribution in [2.45, 2.75) is 19.3 Å². The summed E-state index contributed by atoms with van der Waals surface area (Å²) >= 11 is 1.58. The van der Waals surface area contributed by atoms with Crippen LogP contribution in [0.5, 0.6) is 11.5 Å². The van der Waals surface area contributed by atoms with Crippen LogP contribution in [-0.2, 0) is 11.2 Å². The van der Waals surface area contributed by atoms with Gasteiger partial charge >= 0.3 is 0 Å². The molecule has 0 bridgehead atoms. The highest BCUT2D eigenvalue weighted by Crippen LogP contribution is 2.30. The van der Waals surface area contributed by atoms with Crippen LogP contribution >= 0.6 is 11.3 Å². The van der Waals surface area contributed by atoms with Crippen LogP contribution in [0.3, 0.4) is 0 Å². The molecule has 0 unspecified atom stereocenters. The number of hydrogen-bond donors (Lipinski definition) is 0. The monoisotopic (exact) mass is 440 g/mol. The van der Waals surface area contributed by atoms with Gasteiger partial charge in [-0.15, -0.1) is 11.3 Å². The van der Waals surface area contributed by atoms with Crippen molar-refractivity contribution in [1.82, 2.24) is 9.88 Å². The number of ether oxygens (including phenoxy) is 2. The molecule has 1 amide bonds. The summed E-state index contributed by atoms with van der Waals surface area (Å²) in [6.45, 7) is 1.59. The lowest BCUT2D eigenvalue weighted by Crippen LogP contribution is -2.40. The molecule has 0 N–H and O–H groups in total. The molecule has 6 nitrogen and oxygen atoms in total. The fourth-order valence-corrected chi connectivity index (χ4v) is 4.81. The molecule has 2 aliphatic heterocycles. The number of carbonyl (C=O) groups is 2. The molecule has 0 atom stereocenters. The number of likely N-dealkylation sites (tertiary alicyclic amines) is 1. The van der Waals surface area contributed by atoms with Crippen LogP contribution in [0.2, 0.25) is 0 Å². The molecule has 1 aromatic heterocycles. The van der Waals surface area contributed by atoms with Gasteiger partial charge in [-0.25, -0.2) is 9.37 Å². The molecule has 1 saturated heterocycles. The predicted molar refractivity (Wildman–Crippen MR) is 114 cm³/mol. The molecule has 3 aromatic rings. The summed E-state index contributed by atoms with van der Waals surface area (Å²) < 4.78 is 26.9. The molecule has 0 aliphatic carbocycles. The second kappa shape index (κ2) is 8.26. The first-order chi connectivity index (χ1) is 15.1. The van der Waals surface area contributed by atoms with Gasteiger partial charge in [-0.2, -0.15) is 0 Å².